The van der Waals surface area contributed by atoms with Crippen LogP contribution < -0.4 is 10.1 Å². The lowest BCUT2D eigenvalue weighted by Gasteiger charge is -2.45. The molecule has 5 nitrogen and oxygen atoms in total. The molecule has 0 bridgehead atoms. The Morgan fingerprint density at radius 3 is 2.81 bits per heavy atom. The molecule has 2 fully saturated rings. The molecule has 0 radical (unpaired) electrons. The third-order valence-corrected chi connectivity index (χ3v) is 6.70. The number of carbonyl (C=O) groups excluding carboxylic acids is 1. The fourth-order valence-electron chi connectivity index (χ4n) is 5.04. The first-order chi connectivity index (χ1) is 13.0. The van der Waals surface area contributed by atoms with E-state index in [0.29, 0.717) is 6.04 Å². The number of nitrogens with one attached hydrogen (secondary N) is 1. The number of carbonyl (C=O) groups is 1. The van der Waals surface area contributed by atoms with Crippen LogP contribution in [-0.4, -0.2) is 48.3 Å². The first-order valence-electron chi connectivity index (χ1n) is 10.1. The predicted molar refractivity (Wildman–Crippen MR) is 105 cm³/mol. The fourth-order valence-corrected chi connectivity index (χ4v) is 5.04. The quantitative estimate of drug-likeness (QED) is 0.826. The minimum absolute atomic E-state index is 0.179. The molecule has 0 amide bonds. The summed E-state index contributed by atoms with van der Waals surface area (Å²) in [7, 11) is 1.69. The molecular weight excluding hydrogens is 340 g/mol. The van der Waals surface area contributed by atoms with Crippen LogP contribution in [0, 0.1) is 0 Å². The van der Waals surface area contributed by atoms with Crippen LogP contribution in [0.3, 0.4) is 0 Å². The summed E-state index contributed by atoms with van der Waals surface area (Å²) < 4.78 is 11.1. The van der Waals surface area contributed by atoms with Crippen molar-refractivity contribution in [1.82, 2.24) is 10.2 Å². The first kappa shape index (κ1) is 18.5. The summed E-state index contributed by atoms with van der Waals surface area (Å²) >= 11 is 0. The van der Waals surface area contributed by atoms with E-state index in [0.717, 1.165) is 37.3 Å². The number of esters is 1. The number of methoxy groups -OCH3 is 1. The number of piperidine rings is 1. The minimum atomic E-state index is -0.470. The molecule has 1 aromatic carbocycles. The van der Waals surface area contributed by atoms with Gasteiger partial charge in [0.05, 0.1) is 13.2 Å². The van der Waals surface area contributed by atoms with E-state index in [1.54, 1.807) is 13.2 Å². The molecular formula is C22H30N2O3. The van der Waals surface area contributed by atoms with Crippen LogP contribution in [0.2, 0.25) is 0 Å². The van der Waals surface area contributed by atoms with Gasteiger partial charge in [0, 0.05) is 24.7 Å². The van der Waals surface area contributed by atoms with Crippen LogP contribution in [0.15, 0.2) is 35.9 Å². The summed E-state index contributed by atoms with van der Waals surface area (Å²) in [6.07, 6.45) is 6.11. The normalized spacial score (nSPS) is 33.5. The van der Waals surface area contributed by atoms with E-state index in [2.05, 4.69) is 36.2 Å². The van der Waals surface area contributed by atoms with E-state index >= 15 is 0 Å². The van der Waals surface area contributed by atoms with Gasteiger partial charge in [-0.15, -0.1) is 0 Å². The molecule has 4 atom stereocenters. The van der Waals surface area contributed by atoms with E-state index in [1.807, 2.05) is 12.1 Å². The topological polar surface area (TPSA) is 50.8 Å². The van der Waals surface area contributed by atoms with E-state index < -0.39 is 5.60 Å². The van der Waals surface area contributed by atoms with E-state index in [1.165, 1.54) is 18.4 Å². The van der Waals surface area contributed by atoms with Crippen molar-refractivity contribution in [2.24, 2.45) is 0 Å². The van der Waals surface area contributed by atoms with Crippen LogP contribution in [0.1, 0.15) is 45.1 Å². The Morgan fingerprint density at radius 2 is 2.07 bits per heavy atom. The molecule has 0 aliphatic carbocycles. The number of hydrogen-bond acceptors (Lipinski definition) is 5. The van der Waals surface area contributed by atoms with Gasteiger partial charge in [-0.25, -0.2) is 4.79 Å². The van der Waals surface area contributed by atoms with Crippen molar-refractivity contribution in [2.45, 2.75) is 69.8 Å². The maximum Gasteiger partial charge on any atom is 0.331 e. The molecule has 0 spiro atoms. The molecule has 1 aromatic rings. The molecule has 3 heterocycles. The lowest BCUT2D eigenvalue weighted by molar-refractivity contribution is -0.151. The van der Waals surface area contributed by atoms with Gasteiger partial charge < -0.3 is 14.8 Å². The number of ether oxygens (including phenoxy) is 2. The van der Waals surface area contributed by atoms with Crippen LogP contribution in [0.25, 0.3) is 0 Å². The monoisotopic (exact) mass is 370 g/mol. The number of benzene rings is 1. The maximum absolute atomic E-state index is 12.1. The summed E-state index contributed by atoms with van der Waals surface area (Å²) in [6, 6.07) is 9.16. The molecule has 2 saturated heterocycles. The van der Waals surface area contributed by atoms with Crippen LogP contribution in [0.4, 0.5) is 0 Å². The molecule has 27 heavy (non-hydrogen) atoms. The Hall–Kier alpha value is -1.85. The lowest BCUT2D eigenvalue weighted by Crippen LogP contribution is -2.57. The highest BCUT2D eigenvalue weighted by Gasteiger charge is 2.52. The first-order valence-corrected chi connectivity index (χ1v) is 10.1. The zero-order valence-corrected chi connectivity index (χ0v) is 16.5. The largest absolute Gasteiger partial charge is 0.497 e. The van der Waals surface area contributed by atoms with Gasteiger partial charge in [0.15, 0.2) is 0 Å². The van der Waals surface area contributed by atoms with Gasteiger partial charge in [0.2, 0.25) is 0 Å². The summed E-state index contributed by atoms with van der Waals surface area (Å²) in [4.78, 5) is 14.7. The molecule has 1 N–H and O–H groups in total. The number of nitrogens with zero attached hydrogens (tertiary/aromatic N) is 1. The summed E-state index contributed by atoms with van der Waals surface area (Å²) in [5.74, 6) is 0.696. The van der Waals surface area contributed by atoms with Crippen LogP contribution in [-0.2, 0) is 16.1 Å². The zero-order chi connectivity index (χ0) is 19.0. The Morgan fingerprint density at radius 1 is 1.30 bits per heavy atom. The molecule has 4 rings (SSSR count). The van der Waals surface area contributed by atoms with Gasteiger partial charge in [-0.2, -0.15) is 0 Å². The second-order valence-corrected chi connectivity index (χ2v) is 8.23. The van der Waals surface area contributed by atoms with Gasteiger partial charge in [0.1, 0.15) is 11.4 Å². The average molecular weight is 370 g/mol. The average Bonchev–Trinajstić information content (AvgIpc) is 2.95. The van der Waals surface area contributed by atoms with Crippen LogP contribution in [0.5, 0.6) is 5.75 Å². The summed E-state index contributed by atoms with van der Waals surface area (Å²) in [6.45, 7) is 6.31. The van der Waals surface area contributed by atoms with Crippen molar-refractivity contribution in [3.05, 3.63) is 41.5 Å². The third kappa shape index (κ3) is 3.39. The SMILES string of the molecule is COc1ccc(CN[C@H]2CC3=CC(=O)O[C@]3(C)[C@H]3CCCCN3[C@H]2C)cc1. The van der Waals surface area contributed by atoms with E-state index in [-0.39, 0.29) is 18.1 Å². The van der Waals surface area contributed by atoms with Crippen LogP contribution >= 0.6 is 0 Å². The predicted octanol–water partition coefficient (Wildman–Crippen LogP) is 3.04. The van der Waals surface area contributed by atoms with Crippen molar-refractivity contribution < 1.29 is 14.3 Å². The molecule has 3 aliphatic rings. The second kappa shape index (κ2) is 7.28. The number of rotatable bonds is 4. The van der Waals surface area contributed by atoms with Gasteiger partial charge in [-0.05, 0) is 62.9 Å². The fraction of sp³-hybridized carbons (Fsp3) is 0.591. The number of fused-ring (bicyclic) bond motifs is 3. The highest BCUT2D eigenvalue weighted by molar-refractivity contribution is 5.87. The van der Waals surface area contributed by atoms with Crippen molar-refractivity contribution in [3.8, 4) is 5.75 Å². The Bertz CT molecular complexity index is 730. The zero-order valence-electron chi connectivity index (χ0n) is 16.5. The maximum atomic E-state index is 12.1. The standard InChI is InChI=1S/C22H30N2O3/c1-15-19(23-14-16-7-9-18(26-3)10-8-16)12-17-13-21(25)27-22(17,2)20-6-4-5-11-24(15)20/h7-10,13,15,19-20,23H,4-6,11-12,14H2,1-3H3/t15-,19-,20+,22-/m0/s1. The molecule has 5 heteroatoms. The number of hydrogen-bond donors (Lipinski definition) is 1. The Labute approximate surface area is 161 Å². The lowest BCUT2D eigenvalue weighted by atomic mass is 9.82. The molecule has 0 aromatic heterocycles. The van der Waals surface area contributed by atoms with Gasteiger partial charge in [-0.3, -0.25) is 4.90 Å². The Balaban J connectivity index is 1.55. The van der Waals surface area contributed by atoms with Crippen molar-refractivity contribution in [3.63, 3.8) is 0 Å². The highest BCUT2D eigenvalue weighted by atomic mass is 16.6. The molecule has 3 aliphatic heterocycles. The molecule has 0 saturated carbocycles. The van der Waals surface area contributed by atoms with Crippen molar-refractivity contribution in [2.75, 3.05) is 13.7 Å². The van der Waals surface area contributed by atoms with Gasteiger partial charge >= 0.3 is 5.97 Å². The smallest absolute Gasteiger partial charge is 0.331 e. The third-order valence-electron chi connectivity index (χ3n) is 6.70. The summed E-state index contributed by atoms with van der Waals surface area (Å²) in [5, 5.41) is 3.75. The van der Waals surface area contributed by atoms with Crippen molar-refractivity contribution in [1.29, 1.82) is 0 Å². The molecule has 146 valence electrons. The van der Waals surface area contributed by atoms with Gasteiger partial charge in [-0.1, -0.05) is 18.6 Å². The Kier molecular flexibility index (Phi) is 4.99. The van der Waals surface area contributed by atoms with Crippen molar-refractivity contribution >= 4 is 5.97 Å². The highest BCUT2D eigenvalue weighted by Crippen LogP contribution is 2.44. The molecule has 0 unspecified atom stereocenters. The van der Waals surface area contributed by atoms with Gasteiger partial charge in [0.25, 0.3) is 0 Å². The second-order valence-electron chi connectivity index (χ2n) is 8.23. The van der Waals surface area contributed by atoms with E-state index in [4.69, 9.17) is 9.47 Å². The summed E-state index contributed by atoms with van der Waals surface area (Å²) in [5.41, 5.74) is 1.92. The minimum Gasteiger partial charge on any atom is -0.497 e. The van der Waals surface area contributed by atoms with E-state index in [9.17, 15) is 4.79 Å².